The Balaban J connectivity index is 1.67. The van der Waals surface area contributed by atoms with Crippen LogP contribution in [-0.2, 0) is 18.0 Å². The lowest BCUT2D eigenvalue weighted by Gasteiger charge is -2.12. The number of hydrogen-bond acceptors (Lipinski definition) is 5. The number of nitrogens with one attached hydrogen (secondary N) is 2. The minimum Gasteiger partial charge on any atom is -0.434 e. The third kappa shape index (κ3) is 3.54. The maximum Gasteiger partial charge on any atom is 0.387 e. The van der Waals surface area contributed by atoms with Crippen molar-refractivity contribution in [2.45, 2.75) is 19.8 Å². The van der Waals surface area contributed by atoms with Crippen LogP contribution in [-0.4, -0.2) is 27.7 Å². The van der Waals surface area contributed by atoms with Crippen molar-refractivity contribution < 1.29 is 23.0 Å². The van der Waals surface area contributed by atoms with E-state index in [2.05, 4.69) is 25.2 Å². The van der Waals surface area contributed by atoms with Gasteiger partial charge in [0.25, 0.3) is 5.91 Å². The molecule has 0 unspecified atom stereocenters. The topological polar surface area (TPSA) is 89.1 Å². The lowest BCUT2D eigenvalue weighted by Crippen LogP contribution is -2.15. The summed E-state index contributed by atoms with van der Waals surface area (Å²) in [6.07, 6.45) is 4.48. The fraction of sp³-hybridized carbons (Fsp3) is 0.167. The van der Waals surface area contributed by atoms with Gasteiger partial charge >= 0.3 is 6.61 Å². The first-order valence-corrected chi connectivity index (χ1v) is 8.53. The van der Waals surface area contributed by atoms with E-state index in [1.807, 2.05) is 0 Å². The van der Waals surface area contributed by atoms with Gasteiger partial charge in [0.05, 0.1) is 36.4 Å². The van der Waals surface area contributed by atoms with Crippen molar-refractivity contribution in [1.82, 2.24) is 15.2 Å². The predicted molar refractivity (Wildman–Crippen MR) is 96.3 cm³/mol. The van der Waals surface area contributed by atoms with Crippen molar-refractivity contribution in [2.24, 2.45) is 0 Å². The van der Waals surface area contributed by atoms with Gasteiger partial charge < -0.3 is 14.8 Å². The van der Waals surface area contributed by atoms with Crippen LogP contribution >= 0.6 is 11.6 Å². The average molecular weight is 407 g/mol. The fourth-order valence-corrected chi connectivity index (χ4v) is 3.13. The highest BCUT2D eigenvalue weighted by atomic mass is 35.5. The second kappa shape index (κ2) is 7.53. The third-order valence-corrected chi connectivity index (χ3v) is 4.44. The summed E-state index contributed by atoms with van der Waals surface area (Å²) >= 11 is 6.00. The molecule has 1 aliphatic rings. The molecule has 0 aliphatic carbocycles. The van der Waals surface area contributed by atoms with Crippen LogP contribution in [0.2, 0.25) is 5.02 Å². The molecule has 1 amide bonds. The Kier molecular flexibility index (Phi) is 4.93. The Morgan fingerprint density at radius 3 is 2.96 bits per heavy atom. The highest BCUT2D eigenvalue weighted by Gasteiger charge is 2.22. The summed E-state index contributed by atoms with van der Waals surface area (Å²) in [5, 5.41) is 9.62. The first-order valence-electron chi connectivity index (χ1n) is 8.16. The molecular formula is C18H13ClF2N4O3. The number of alkyl halides is 2. The van der Waals surface area contributed by atoms with Gasteiger partial charge in [0.1, 0.15) is 5.75 Å². The summed E-state index contributed by atoms with van der Waals surface area (Å²) in [7, 11) is 0. The lowest BCUT2D eigenvalue weighted by atomic mass is 10.1. The summed E-state index contributed by atoms with van der Waals surface area (Å²) < 4.78 is 35.4. The van der Waals surface area contributed by atoms with Gasteiger partial charge in [-0.1, -0.05) is 11.6 Å². The number of nitrogens with zero attached hydrogens (tertiary/aromatic N) is 2. The van der Waals surface area contributed by atoms with E-state index in [0.29, 0.717) is 23.8 Å². The third-order valence-electron chi connectivity index (χ3n) is 4.21. The molecule has 3 aromatic rings. The maximum atomic E-state index is 12.8. The highest BCUT2D eigenvalue weighted by molar-refractivity contribution is 6.31. The Hall–Kier alpha value is -3.04. The molecule has 10 heteroatoms. The standard InChI is InChI=1S/C18H13ClF2N4O3/c19-10-1-2-15(28-18(20)21)11(3-10)16-14(6-23-25-16)24-17(26)12-5-22-4-9-7-27-8-13(9)12/h1-6,18H,7-8H2,(H,23,25)(H,24,26). The molecule has 2 N–H and O–H groups in total. The van der Waals surface area contributed by atoms with Gasteiger partial charge in [-0.25, -0.2) is 0 Å². The van der Waals surface area contributed by atoms with Gasteiger partial charge in [-0.2, -0.15) is 13.9 Å². The van der Waals surface area contributed by atoms with E-state index >= 15 is 0 Å². The van der Waals surface area contributed by atoms with E-state index in [1.165, 1.54) is 30.6 Å². The van der Waals surface area contributed by atoms with E-state index in [4.69, 9.17) is 16.3 Å². The number of hydrogen-bond donors (Lipinski definition) is 2. The van der Waals surface area contributed by atoms with Crippen LogP contribution in [0.4, 0.5) is 14.5 Å². The van der Waals surface area contributed by atoms with Gasteiger partial charge in [-0.15, -0.1) is 0 Å². The van der Waals surface area contributed by atoms with Crippen molar-refractivity contribution in [1.29, 1.82) is 0 Å². The second-order valence-electron chi connectivity index (χ2n) is 5.95. The van der Waals surface area contributed by atoms with Crippen LogP contribution < -0.4 is 10.1 Å². The zero-order valence-corrected chi connectivity index (χ0v) is 15.0. The van der Waals surface area contributed by atoms with Gasteiger partial charge in [0.15, 0.2) is 0 Å². The van der Waals surface area contributed by atoms with E-state index in [1.54, 1.807) is 6.20 Å². The minimum atomic E-state index is -3.01. The van der Waals surface area contributed by atoms with E-state index in [-0.39, 0.29) is 22.7 Å². The van der Waals surface area contributed by atoms with Crippen molar-refractivity contribution in [3.8, 4) is 17.0 Å². The number of halogens is 3. The number of benzene rings is 1. The summed E-state index contributed by atoms with van der Waals surface area (Å²) in [6.45, 7) is -2.30. The Labute approximate surface area is 162 Å². The number of pyridine rings is 1. The molecule has 0 atom stereocenters. The number of aromatic amines is 1. The van der Waals surface area contributed by atoms with Gasteiger partial charge in [0, 0.05) is 28.5 Å². The normalized spacial score (nSPS) is 12.9. The highest BCUT2D eigenvalue weighted by Crippen LogP contribution is 2.36. The van der Waals surface area contributed by atoms with Crippen LogP contribution in [0.5, 0.6) is 5.75 Å². The number of H-pyrrole nitrogens is 1. The van der Waals surface area contributed by atoms with E-state index in [9.17, 15) is 13.6 Å². The van der Waals surface area contributed by atoms with Crippen LogP contribution in [0.3, 0.4) is 0 Å². The number of amides is 1. The first kappa shape index (κ1) is 18.3. The number of fused-ring (bicyclic) bond motifs is 1. The molecule has 0 saturated carbocycles. The first-order chi connectivity index (χ1) is 13.5. The van der Waals surface area contributed by atoms with Gasteiger partial charge in [-0.3, -0.25) is 14.9 Å². The zero-order chi connectivity index (χ0) is 19.7. The van der Waals surface area contributed by atoms with Crippen LogP contribution in [0, 0.1) is 0 Å². The number of aromatic nitrogens is 3. The summed E-state index contributed by atoms with van der Waals surface area (Å²) in [4.78, 5) is 16.8. The quantitative estimate of drug-likeness (QED) is 0.668. The number of anilines is 1. The Morgan fingerprint density at radius 1 is 1.29 bits per heavy atom. The number of carbonyl (C=O) groups is 1. The van der Waals surface area contributed by atoms with Crippen molar-refractivity contribution in [3.63, 3.8) is 0 Å². The van der Waals surface area contributed by atoms with Crippen molar-refractivity contribution >= 4 is 23.2 Å². The largest absolute Gasteiger partial charge is 0.434 e. The molecule has 144 valence electrons. The number of carbonyl (C=O) groups excluding carboxylic acids is 1. The van der Waals surface area contributed by atoms with Crippen LogP contribution in [0.15, 0.2) is 36.8 Å². The zero-order valence-electron chi connectivity index (χ0n) is 14.2. The second-order valence-corrected chi connectivity index (χ2v) is 6.39. The lowest BCUT2D eigenvalue weighted by molar-refractivity contribution is -0.0494. The summed E-state index contributed by atoms with van der Waals surface area (Å²) in [6, 6.07) is 4.19. The molecular weight excluding hydrogens is 394 g/mol. The summed E-state index contributed by atoms with van der Waals surface area (Å²) in [5.74, 6) is -0.523. The molecule has 3 heterocycles. The van der Waals surface area contributed by atoms with Gasteiger partial charge in [0.2, 0.25) is 0 Å². The number of rotatable bonds is 5. The molecule has 7 nitrogen and oxygen atoms in total. The molecule has 0 spiro atoms. The monoisotopic (exact) mass is 406 g/mol. The maximum absolute atomic E-state index is 12.8. The van der Waals surface area contributed by atoms with E-state index < -0.39 is 12.5 Å². The summed E-state index contributed by atoms with van der Waals surface area (Å²) in [5.41, 5.74) is 2.79. The molecule has 0 fully saturated rings. The smallest absolute Gasteiger partial charge is 0.387 e. The van der Waals surface area contributed by atoms with Crippen molar-refractivity contribution in [2.75, 3.05) is 5.32 Å². The molecule has 1 aromatic carbocycles. The molecule has 0 saturated heterocycles. The predicted octanol–water partition coefficient (Wildman–Crippen LogP) is 4.01. The van der Waals surface area contributed by atoms with Crippen molar-refractivity contribution in [3.05, 3.63) is 58.5 Å². The molecule has 0 radical (unpaired) electrons. The molecule has 0 bridgehead atoms. The fourth-order valence-electron chi connectivity index (χ4n) is 2.96. The minimum absolute atomic E-state index is 0.102. The Bertz CT molecular complexity index is 1040. The SMILES string of the molecule is O=C(Nc1cn[nH]c1-c1cc(Cl)ccc1OC(F)F)c1cncc2c1COC2. The van der Waals surface area contributed by atoms with Gasteiger partial charge in [-0.05, 0) is 23.8 Å². The van der Waals surface area contributed by atoms with Crippen LogP contribution in [0.1, 0.15) is 21.5 Å². The molecule has 1 aliphatic heterocycles. The Morgan fingerprint density at radius 2 is 2.14 bits per heavy atom. The van der Waals surface area contributed by atoms with Crippen LogP contribution in [0.25, 0.3) is 11.3 Å². The van der Waals surface area contributed by atoms with E-state index in [0.717, 1.165) is 11.1 Å². The molecule has 28 heavy (non-hydrogen) atoms. The molecule has 2 aromatic heterocycles. The molecule has 4 rings (SSSR count). The average Bonchev–Trinajstić information content (AvgIpc) is 3.31. The number of ether oxygens (including phenoxy) is 2.